The van der Waals surface area contributed by atoms with E-state index in [1.807, 2.05) is 20.8 Å². The average Bonchev–Trinajstić information content (AvgIpc) is 2.72. The third kappa shape index (κ3) is 2.79. The van der Waals surface area contributed by atoms with E-state index in [2.05, 4.69) is 26.2 Å². The van der Waals surface area contributed by atoms with Crippen LogP contribution < -0.4 is 3.93 Å². The number of rotatable bonds is 1. The van der Waals surface area contributed by atoms with Gasteiger partial charge in [0.2, 0.25) is 0 Å². The summed E-state index contributed by atoms with van der Waals surface area (Å²) >= 11 is 3.18. The second-order valence-electron chi connectivity index (χ2n) is 4.71. The normalized spacial score (nSPS) is 11.6. The molecule has 0 radical (unpaired) electrons. The molecule has 7 heteroatoms. The maximum absolute atomic E-state index is 11.8. The Kier molecular flexibility index (Phi) is 3.25. The summed E-state index contributed by atoms with van der Waals surface area (Å²) in [5.41, 5.74) is 0.743. The molecule has 18 heavy (non-hydrogen) atoms. The molecule has 0 N–H and O–H groups in total. The number of carbonyl (C=O) groups is 1. The largest absolute Gasteiger partial charge is 0.443 e. The summed E-state index contributed by atoms with van der Waals surface area (Å²) in [6, 6.07) is 3.46. The number of fused-ring (bicyclic) bond motifs is 1. The lowest BCUT2D eigenvalue weighted by atomic mass is 10.2. The summed E-state index contributed by atoms with van der Waals surface area (Å²) in [4.78, 5) is 15.9. The molecule has 0 saturated carbocycles. The summed E-state index contributed by atoms with van der Waals surface area (Å²) in [5.74, 6) is 0. The first-order valence-corrected chi connectivity index (χ1v) is 6.06. The topological polar surface area (TPSA) is 59.7 Å². The minimum Gasteiger partial charge on any atom is -0.443 e. The van der Waals surface area contributed by atoms with E-state index in [1.54, 1.807) is 22.8 Å². The van der Waals surface area contributed by atoms with Crippen LogP contribution >= 0.6 is 16.1 Å². The molecule has 2 heterocycles. The standard InChI is InChI=1S/C11H13BrN4O2/c1-11(2,3)18-10(17)16(12)8-4-5-15-9(6-8)13-7-14-15/h4-7H,1-3H3. The van der Waals surface area contributed by atoms with Crippen molar-refractivity contribution in [3.05, 3.63) is 24.7 Å². The van der Waals surface area contributed by atoms with Crippen LogP contribution in [0.3, 0.4) is 0 Å². The van der Waals surface area contributed by atoms with Crippen LogP contribution in [0.15, 0.2) is 24.7 Å². The van der Waals surface area contributed by atoms with Gasteiger partial charge in [-0.05, 0) is 26.8 Å². The molecule has 0 aliphatic carbocycles. The van der Waals surface area contributed by atoms with E-state index < -0.39 is 11.7 Å². The lowest BCUT2D eigenvalue weighted by molar-refractivity contribution is 0.0614. The molecule has 0 fully saturated rings. The quantitative estimate of drug-likeness (QED) is 0.760. The fourth-order valence-corrected chi connectivity index (χ4v) is 1.63. The summed E-state index contributed by atoms with van der Waals surface area (Å²) < 4.78 is 8.11. The van der Waals surface area contributed by atoms with E-state index in [-0.39, 0.29) is 0 Å². The van der Waals surface area contributed by atoms with Gasteiger partial charge < -0.3 is 4.74 Å². The van der Waals surface area contributed by atoms with Crippen molar-refractivity contribution < 1.29 is 9.53 Å². The number of ether oxygens (including phenoxy) is 1. The molecule has 0 spiro atoms. The van der Waals surface area contributed by atoms with Gasteiger partial charge in [-0.25, -0.2) is 18.2 Å². The number of aromatic nitrogens is 3. The maximum atomic E-state index is 11.8. The first-order chi connectivity index (χ1) is 8.37. The lowest BCUT2D eigenvalue weighted by Crippen LogP contribution is -2.30. The van der Waals surface area contributed by atoms with Gasteiger partial charge in [0.05, 0.1) is 21.8 Å². The molecule has 2 aromatic rings. The SMILES string of the molecule is CC(C)(C)OC(=O)N(Br)c1ccn2ncnc2c1. The van der Waals surface area contributed by atoms with Gasteiger partial charge in [0, 0.05) is 12.3 Å². The van der Waals surface area contributed by atoms with E-state index in [9.17, 15) is 4.79 Å². The first-order valence-electron chi connectivity index (χ1n) is 5.35. The van der Waals surface area contributed by atoms with Crippen LogP contribution in [0.4, 0.5) is 10.5 Å². The second kappa shape index (κ2) is 4.56. The summed E-state index contributed by atoms with van der Waals surface area (Å²) in [5, 5.41) is 3.98. The molecule has 0 bridgehead atoms. The van der Waals surface area contributed by atoms with Crippen LogP contribution in [0.1, 0.15) is 20.8 Å². The maximum Gasteiger partial charge on any atom is 0.425 e. The van der Waals surface area contributed by atoms with Gasteiger partial charge in [0.15, 0.2) is 5.65 Å². The summed E-state index contributed by atoms with van der Waals surface area (Å²) in [6.45, 7) is 5.44. The Labute approximate surface area is 113 Å². The van der Waals surface area contributed by atoms with Gasteiger partial charge in [-0.15, -0.1) is 0 Å². The van der Waals surface area contributed by atoms with Crippen molar-refractivity contribution >= 4 is 33.6 Å². The highest BCUT2D eigenvalue weighted by Gasteiger charge is 2.22. The molecule has 0 saturated heterocycles. The van der Waals surface area contributed by atoms with Crippen LogP contribution in [0.25, 0.3) is 5.65 Å². The lowest BCUT2D eigenvalue weighted by Gasteiger charge is -2.23. The number of hydrogen-bond acceptors (Lipinski definition) is 4. The van der Waals surface area contributed by atoms with E-state index in [1.165, 1.54) is 10.3 Å². The molecular formula is C11H13BrN4O2. The highest BCUT2D eigenvalue weighted by Crippen LogP contribution is 2.22. The molecule has 0 aliphatic rings. The monoisotopic (exact) mass is 312 g/mol. The van der Waals surface area contributed by atoms with Crippen molar-refractivity contribution in [2.45, 2.75) is 26.4 Å². The molecule has 96 valence electrons. The molecule has 0 unspecified atom stereocenters. The minimum absolute atomic E-state index is 0.480. The molecule has 1 amide bonds. The van der Waals surface area contributed by atoms with Crippen LogP contribution in [0.5, 0.6) is 0 Å². The molecule has 0 aromatic carbocycles. The van der Waals surface area contributed by atoms with Crippen LogP contribution in [-0.4, -0.2) is 26.3 Å². The highest BCUT2D eigenvalue weighted by atomic mass is 79.9. The van der Waals surface area contributed by atoms with Crippen LogP contribution in [-0.2, 0) is 4.74 Å². The zero-order valence-corrected chi connectivity index (χ0v) is 11.9. The molecule has 0 atom stereocenters. The van der Waals surface area contributed by atoms with Gasteiger partial charge in [0.1, 0.15) is 11.9 Å². The molecule has 2 rings (SSSR count). The number of hydrogen-bond donors (Lipinski definition) is 0. The van der Waals surface area contributed by atoms with Gasteiger partial charge in [-0.1, -0.05) is 0 Å². The average molecular weight is 313 g/mol. The molecular weight excluding hydrogens is 300 g/mol. The van der Waals surface area contributed by atoms with Gasteiger partial charge in [-0.3, -0.25) is 0 Å². The Bertz CT molecular complexity index is 576. The number of nitrogens with zero attached hydrogens (tertiary/aromatic N) is 4. The predicted octanol–water partition coefficient (Wildman–Crippen LogP) is 2.78. The molecule has 6 nitrogen and oxygen atoms in total. The minimum atomic E-state index is -0.540. The van der Waals surface area contributed by atoms with E-state index >= 15 is 0 Å². The number of amides is 1. The summed E-state index contributed by atoms with van der Waals surface area (Å²) in [7, 11) is 0. The third-order valence-electron chi connectivity index (χ3n) is 2.04. The van der Waals surface area contributed by atoms with E-state index in [0.717, 1.165) is 0 Å². The Morgan fingerprint density at radius 1 is 1.50 bits per heavy atom. The molecule has 2 aromatic heterocycles. The van der Waals surface area contributed by atoms with E-state index in [4.69, 9.17) is 4.74 Å². The third-order valence-corrected chi connectivity index (χ3v) is 2.74. The van der Waals surface area contributed by atoms with Crippen molar-refractivity contribution in [2.75, 3.05) is 3.93 Å². The Hall–Kier alpha value is -1.63. The fraction of sp³-hybridized carbons (Fsp3) is 0.364. The Morgan fingerprint density at radius 3 is 2.89 bits per heavy atom. The first kappa shape index (κ1) is 12.8. The predicted molar refractivity (Wildman–Crippen MR) is 70.6 cm³/mol. The van der Waals surface area contributed by atoms with Gasteiger partial charge in [0.25, 0.3) is 0 Å². The number of carbonyl (C=O) groups excluding carboxylic acids is 1. The van der Waals surface area contributed by atoms with Gasteiger partial charge in [-0.2, -0.15) is 5.10 Å². The smallest absolute Gasteiger partial charge is 0.425 e. The van der Waals surface area contributed by atoms with Crippen molar-refractivity contribution in [3.8, 4) is 0 Å². The van der Waals surface area contributed by atoms with Crippen molar-refractivity contribution in [1.29, 1.82) is 0 Å². The van der Waals surface area contributed by atoms with Crippen LogP contribution in [0.2, 0.25) is 0 Å². The summed E-state index contributed by atoms with van der Waals surface area (Å²) in [6.07, 6.45) is 2.69. The van der Waals surface area contributed by atoms with Crippen molar-refractivity contribution in [2.24, 2.45) is 0 Å². The highest BCUT2D eigenvalue weighted by molar-refractivity contribution is 9.10. The number of anilines is 1. The van der Waals surface area contributed by atoms with Crippen molar-refractivity contribution in [1.82, 2.24) is 14.6 Å². The van der Waals surface area contributed by atoms with Crippen LogP contribution in [0, 0.1) is 0 Å². The zero-order chi connectivity index (χ0) is 13.3. The van der Waals surface area contributed by atoms with Gasteiger partial charge >= 0.3 is 6.09 Å². The Balaban J connectivity index is 2.22. The van der Waals surface area contributed by atoms with Crippen molar-refractivity contribution in [3.63, 3.8) is 0 Å². The molecule has 0 aliphatic heterocycles. The zero-order valence-electron chi connectivity index (χ0n) is 10.3. The second-order valence-corrected chi connectivity index (χ2v) is 5.42. The Morgan fingerprint density at radius 2 is 2.22 bits per heavy atom. The number of pyridine rings is 1. The number of halogens is 1. The fourth-order valence-electron chi connectivity index (χ4n) is 1.33. The van der Waals surface area contributed by atoms with E-state index in [0.29, 0.717) is 11.3 Å².